The van der Waals surface area contributed by atoms with Crippen molar-refractivity contribution in [1.82, 2.24) is 10.3 Å². The van der Waals surface area contributed by atoms with Crippen molar-refractivity contribution >= 4 is 11.3 Å². The Labute approximate surface area is 128 Å². The lowest BCUT2D eigenvalue weighted by Crippen LogP contribution is -2.45. The van der Waals surface area contributed by atoms with Gasteiger partial charge in [0.15, 0.2) is 0 Å². The molecule has 1 fully saturated rings. The third kappa shape index (κ3) is 4.29. The number of hydrogen-bond donors (Lipinski definition) is 1. The Hall–Kier alpha value is -0.410. The molecule has 0 spiro atoms. The highest BCUT2D eigenvalue weighted by Gasteiger charge is 2.27. The van der Waals surface area contributed by atoms with Gasteiger partial charge in [-0.3, -0.25) is 0 Å². The summed E-state index contributed by atoms with van der Waals surface area (Å²) in [5.41, 5.74) is 0.471. The maximum Gasteiger partial charge on any atom is 0.0958 e. The molecule has 1 saturated carbocycles. The molecule has 2 nitrogen and oxygen atoms in total. The van der Waals surface area contributed by atoms with Crippen molar-refractivity contribution in [2.24, 2.45) is 0 Å². The molecule has 1 N–H and O–H groups in total. The van der Waals surface area contributed by atoms with Gasteiger partial charge in [-0.2, -0.15) is 0 Å². The highest BCUT2D eigenvalue weighted by atomic mass is 32.1. The van der Waals surface area contributed by atoms with E-state index in [9.17, 15) is 0 Å². The van der Waals surface area contributed by atoms with Crippen LogP contribution in [-0.2, 0) is 5.41 Å². The van der Waals surface area contributed by atoms with E-state index in [1.165, 1.54) is 35.6 Å². The molecule has 2 rings (SSSR count). The van der Waals surface area contributed by atoms with Gasteiger partial charge in [-0.05, 0) is 51.9 Å². The van der Waals surface area contributed by atoms with Crippen molar-refractivity contribution in [3.8, 4) is 0 Å². The quantitative estimate of drug-likeness (QED) is 0.843. The third-order valence-corrected chi connectivity index (χ3v) is 5.56. The van der Waals surface area contributed by atoms with Gasteiger partial charge >= 0.3 is 0 Å². The fourth-order valence-electron chi connectivity index (χ4n) is 2.92. The number of nitrogens with zero attached hydrogens (tertiary/aromatic N) is 1. The highest BCUT2D eigenvalue weighted by molar-refractivity contribution is 7.11. The summed E-state index contributed by atoms with van der Waals surface area (Å²) in [5.74, 6) is 0.689. The van der Waals surface area contributed by atoms with Crippen molar-refractivity contribution in [3.63, 3.8) is 0 Å². The molecular formula is C17H30N2S. The monoisotopic (exact) mass is 294 g/mol. The van der Waals surface area contributed by atoms with E-state index in [1.54, 1.807) is 0 Å². The fourth-order valence-corrected chi connectivity index (χ4v) is 4.06. The molecule has 0 aliphatic heterocycles. The average molecular weight is 295 g/mol. The van der Waals surface area contributed by atoms with Gasteiger partial charge < -0.3 is 5.32 Å². The number of hydrogen-bond acceptors (Lipinski definition) is 3. The second-order valence-electron chi connectivity index (χ2n) is 8.26. The van der Waals surface area contributed by atoms with Crippen LogP contribution in [0.25, 0.3) is 0 Å². The van der Waals surface area contributed by atoms with Gasteiger partial charge in [0, 0.05) is 28.6 Å². The van der Waals surface area contributed by atoms with Crippen molar-refractivity contribution in [1.29, 1.82) is 0 Å². The van der Waals surface area contributed by atoms with Gasteiger partial charge in [0.25, 0.3) is 0 Å². The molecule has 0 aromatic carbocycles. The van der Waals surface area contributed by atoms with Crippen LogP contribution in [0, 0.1) is 0 Å². The minimum absolute atomic E-state index is 0.234. The second kappa shape index (κ2) is 5.76. The molecule has 1 aromatic rings. The normalized spacial score (nSPS) is 24.9. The summed E-state index contributed by atoms with van der Waals surface area (Å²) in [6.07, 6.45) is 7.23. The zero-order chi connectivity index (χ0) is 15.0. The smallest absolute Gasteiger partial charge is 0.0958 e. The molecule has 0 amide bonds. The Balaban J connectivity index is 1.92. The highest BCUT2D eigenvalue weighted by Crippen LogP contribution is 2.38. The van der Waals surface area contributed by atoms with E-state index in [2.05, 4.69) is 53.1 Å². The Morgan fingerprint density at radius 3 is 2.10 bits per heavy atom. The molecule has 0 saturated heterocycles. The second-order valence-corrected chi connectivity index (χ2v) is 9.32. The van der Waals surface area contributed by atoms with Crippen LogP contribution in [0.3, 0.4) is 0 Å². The van der Waals surface area contributed by atoms with Crippen LogP contribution >= 0.6 is 11.3 Å². The average Bonchev–Trinajstić information content (AvgIpc) is 2.76. The summed E-state index contributed by atoms with van der Waals surface area (Å²) in [6, 6.07) is 0.688. The maximum atomic E-state index is 4.70. The summed E-state index contributed by atoms with van der Waals surface area (Å²) < 4.78 is 0. The molecule has 1 aromatic heterocycles. The fraction of sp³-hybridized carbons (Fsp3) is 0.824. The van der Waals surface area contributed by atoms with E-state index in [0.29, 0.717) is 12.0 Å². The van der Waals surface area contributed by atoms with Gasteiger partial charge in [-0.25, -0.2) is 4.98 Å². The van der Waals surface area contributed by atoms with E-state index in [-0.39, 0.29) is 11.0 Å². The molecule has 0 radical (unpaired) electrons. The Morgan fingerprint density at radius 1 is 1.05 bits per heavy atom. The first kappa shape index (κ1) is 16.0. The zero-order valence-electron chi connectivity index (χ0n) is 13.9. The van der Waals surface area contributed by atoms with E-state index in [4.69, 9.17) is 4.98 Å². The Morgan fingerprint density at radius 2 is 1.65 bits per heavy atom. The lowest BCUT2D eigenvalue weighted by Gasteiger charge is -2.33. The van der Waals surface area contributed by atoms with Gasteiger partial charge in [0.1, 0.15) is 0 Å². The van der Waals surface area contributed by atoms with Gasteiger partial charge in [0.05, 0.1) is 5.01 Å². The van der Waals surface area contributed by atoms with Crippen LogP contribution in [0.4, 0.5) is 0 Å². The van der Waals surface area contributed by atoms with Crippen molar-refractivity contribution < 1.29 is 0 Å². The predicted molar refractivity (Wildman–Crippen MR) is 88.7 cm³/mol. The minimum atomic E-state index is 0.234. The lowest BCUT2D eigenvalue weighted by atomic mass is 9.85. The maximum absolute atomic E-state index is 4.70. The van der Waals surface area contributed by atoms with Crippen molar-refractivity contribution in [2.45, 2.75) is 90.1 Å². The summed E-state index contributed by atoms with van der Waals surface area (Å²) >= 11 is 1.93. The van der Waals surface area contributed by atoms with Crippen LogP contribution in [0.5, 0.6) is 0 Å². The summed E-state index contributed by atoms with van der Waals surface area (Å²) in [7, 11) is 0. The zero-order valence-corrected chi connectivity index (χ0v) is 14.7. The first-order valence-corrected chi connectivity index (χ1v) is 8.71. The minimum Gasteiger partial charge on any atom is -0.309 e. The summed E-state index contributed by atoms with van der Waals surface area (Å²) in [6.45, 7) is 13.6. The molecule has 1 aliphatic rings. The van der Waals surface area contributed by atoms with Crippen molar-refractivity contribution in [2.75, 3.05) is 0 Å². The number of aromatic nitrogens is 1. The Bertz CT molecular complexity index is 429. The first-order valence-electron chi connectivity index (χ1n) is 7.89. The predicted octanol–water partition coefficient (Wildman–Crippen LogP) is 4.85. The molecule has 0 unspecified atom stereocenters. The van der Waals surface area contributed by atoms with E-state index < -0.39 is 0 Å². The molecule has 1 heterocycles. The topological polar surface area (TPSA) is 24.9 Å². The molecule has 3 heteroatoms. The van der Waals surface area contributed by atoms with Crippen molar-refractivity contribution in [3.05, 3.63) is 16.1 Å². The molecule has 0 bridgehead atoms. The van der Waals surface area contributed by atoms with Crippen LogP contribution in [-0.4, -0.2) is 16.6 Å². The van der Waals surface area contributed by atoms with Gasteiger partial charge in [-0.1, -0.05) is 20.8 Å². The summed E-state index contributed by atoms with van der Waals surface area (Å²) in [4.78, 5) is 6.12. The lowest BCUT2D eigenvalue weighted by molar-refractivity contribution is 0.280. The molecule has 114 valence electrons. The molecule has 1 aliphatic carbocycles. The van der Waals surface area contributed by atoms with E-state index >= 15 is 0 Å². The first-order chi connectivity index (χ1) is 9.15. The SMILES string of the molecule is CC(C)(C)N[C@H]1CC[C@H](c2ncc(C(C)(C)C)s2)CC1. The van der Waals surface area contributed by atoms with Gasteiger partial charge in [-0.15, -0.1) is 11.3 Å². The largest absolute Gasteiger partial charge is 0.309 e. The number of nitrogens with one attached hydrogen (secondary N) is 1. The number of thiazole rings is 1. The third-order valence-electron chi connectivity index (χ3n) is 3.98. The van der Waals surface area contributed by atoms with E-state index in [0.717, 1.165) is 0 Å². The Kier molecular flexibility index (Phi) is 4.60. The van der Waals surface area contributed by atoms with Crippen LogP contribution in [0.1, 0.15) is 83.0 Å². The standard InChI is InChI=1S/C17H30N2S/c1-16(2,3)14-11-18-15(20-14)12-7-9-13(10-8-12)19-17(4,5)6/h11-13,19H,7-10H2,1-6H3/t12-,13-. The van der Waals surface area contributed by atoms with Crippen LogP contribution in [0.15, 0.2) is 6.20 Å². The van der Waals surface area contributed by atoms with E-state index in [1.807, 2.05) is 11.3 Å². The summed E-state index contributed by atoms with van der Waals surface area (Å²) in [5, 5.41) is 5.11. The van der Waals surface area contributed by atoms with Gasteiger partial charge in [0.2, 0.25) is 0 Å². The van der Waals surface area contributed by atoms with Crippen LogP contribution < -0.4 is 5.32 Å². The molecule has 20 heavy (non-hydrogen) atoms. The van der Waals surface area contributed by atoms with Crippen LogP contribution in [0.2, 0.25) is 0 Å². The molecular weight excluding hydrogens is 264 g/mol. The molecule has 0 atom stereocenters. The number of rotatable bonds is 2.